The summed E-state index contributed by atoms with van der Waals surface area (Å²) in [7, 11) is 0. The Kier molecular flexibility index (Phi) is 8.87. The van der Waals surface area contributed by atoms with Crippen LogP contribution < -0.4 is 10.9 Å². The molecule has 1 amide bonds. The maximum Gasteiger partial charge on any atom is 0.263 e. The fourth-order valence-electron chi connectivity index (χ4n) is 4.61. The minimum Gasteiger partial charge on any atom is -0.352 e. The second-order valence-corrected chi connectivity index (χ2v) is 9.41. The Morgan fingerprint density at radius 2 is 1.57 bits per heavy atom. The van der Waals surface area contributed by atoms with Crippen LogP contribution in [-0.2, 0) is 13.1 Å². The minimum atomic E-state index is -0.289. The first kappa shape index (κ1) is 24.9. The van der Waals surface area contributed by atoms with Crippen molar-refractivity contribution >= 4 is 5.91 Å². The van der Waals surface area contributed by atoms with Gasteiger partial charge in [-0.1, -0.05) is 60.2 Å². The number of nitrogens with one attached hydrogen (secondary N) is 1. The van der Waals surface area contributed by atoms with E-state index in [-0.39, 0.29) is 17.0 Å². The van der Waals surface area contributed by atoms with Gasteiger partial charge in [-0.2, -0.15) is 0 Å². The van der Waals surface area contributed by atoms with Crippen molar-refractivity contribution in [1.82, 2.24) is 19.7 Å². The minimum absolute atomic E-state index is 0.203. The van der Waals surface area contributed by atoms with Crippen LogP contribution in [-0.4, -0.2) is 59.5 Å². The van der Waals surface area contributed by atoms with Gasteiger partial charge in [0.15, 0.2) is 0 Å². The number of pyridine rings is 1. The van der Waals surface area contributed by atoms with Crippen molar-refractivity contribution in [3.63, 3.8) is 0 Å². The normalized spacial score (nSPS) is 14.7. The van der Waals surface area contributed by atoms with Crippen LogP contribution in [0.15, 0.2) is 77.7 Å². The smallest absolute Gasteiger partial charge is 0.263 e. The van der Waals surface area contributed by atoms with Crippen molar-refractivity contribution in [3.8, 4) is 0 Å². The van der Waals surface area contributed by atoms with Crippen molar-refractivity contribution in [3.05, 3.63) is 106 Å². The summed E-state index contributed by atoms with van der Waals surface area (Å²) in [6, 6.07) is 22.1. The number of unbranched alkanes of at least 4 members (excludes halogenated alkanes) is 1. The zero-order valence-corrected chi connectivity index (χ0v) is 20.7. The number of aromatic nitrogens is 1. The molecule has 0 radical (unpaired) electrons. The lowest BCUT2D eigenvalue weighted by molar-refractivity contribution is 0.0949. The molecule has 2 aromatic carbocycles. The van der Waals surface area contributed by atoms with Crippen LogP contribution in [0.3, 0.4) is 0 Å². The molecule has 2 heterocycles. The highest BCUT2D eigenvalue weighted by Crippen LogP contribution is 2.09. The number of carbonyl (C=O) groups is 1. The van der Waals surface area contributed by atoms with Gasteiger partial charge in [0.05, 0.1) is 6.54 Å². The van der Waals surface area contributed by atoms with Crippen LogP contribution in [0, 0.1) is 6.92 Å². The fraction of sp³-hybridized carbons (Fsp3) is 0.379. The third kappa shape index (κ3) is 7.38. The molecule has 184 valence electrons. The average molecular weight is 473 g/mol. The molecule has 0 unspecified atom stereocenters. The lowest BCUT2D eigenvalue weighted by Gasteiger charge is -2.34. The number of carbonyl (C=O) groups excluding carboxylic acids is 1. The lowest BCUT2D eigenvalue weighted by atomic mass is 10.1. The molecule has 0 bridgehead atoms. The number of amides is 1. The highest BCUT2D eigenvalue weighted by Gasteiger charge is 2.17. The number of benzene rings is 2. The largest absolute Gasteiger partial charge is 0.352 e. The standard InChI is InChI=1S/C29H36N4O2/c1-24-9-7-12-26(21-24)23-33-16-8-13-27(29(33)35)28(34)30-14-5-6-15-31-17-19-32(20-18-31)22-25-10-3-2-4-11-25/h2-4,7-13,16,21H,5-6,14-15,17-20,22-23H2,1H3,(H,30,34). The molecule has 1 fully saturated rings. The maximum absolute atomic E-state index is 12.8. The topological polar surface area (TPSA) is 57.6 Å². The quantitative estimate of drug-likeness (QED) is 0.459. The number of hydrogen-bond acceptors (Lipinski definition) is 4. The van der Waals surface area contributed by atoms with Crippen LogP contribution in [0.4, 0.5) is 0 Å². The van der Waals surface area contributed by atoms with E-state index in [2.05, 4.69) is 51.5 Å². The molecule has 3 aromatic rings. The molecule has 1 saturated heterocycles. The van der Waals surface area contributed by atoms with Crippen molar-refractivity contribution in [2.45, 2.75) is 32.9 Å². The molecule has 0 spiro atoms. The van der Waals surface area contributed by atoms with E-state index in [4.69, 9.17) is 0 Å². The van der Waals surface area contributed by atoms with E-state index >= 15 is 0 Å². The van der Waals surface area contributed by atoms with Crippen molar-refractivity contribution < 1.29 is 4.79 Å². The molecule has 35 heavy (non-hydrogen) atoms. The van der Waals surface area contributed by atoms with Gasteiger partial charge >= 0.3 is 0 Å². The summed E-state index contributed by atoms with van der Waals surface area (Å²) in [6.45, 7) is 9.49. The molecule has 1 N–H and O–H groups in total. The summed E-state index contributed by atoms with van der Waals surface area (Å²) < 4.78 is 1.60. The van der Waals surface area contributed by atoms with Gasteiger partial charge in [0.1, 0.15) is 5.56 Å². The van der Waals surface area contributed by atoms with E-state index in [1.165, 1.54) is 5.56 Å². The van der Waals surface area contributed by atoms with Crippen molar-refractivity contribution in [2.24, 2.45) is 0 Å². The van der Waals surface area contributed by atoms with E-state index < -0.39 is 0 Å². The highest BCUT2D eigenvalue weighted by molar-refractivity contribution is 5.93. The molecular weight excluding hydrogens is 436 g/mol. The molecule has 1 aromatic heterocycles. The Bertz CT molecular complexity index is 1150. The molecule has 4 rings (SSSR count). The first-order valence-corrected chi connectivity index (χ1v) is 12.6. The molecule has 0 aliphatic carbocycles. The summed E-state index contributed by atoms with van der Waals surface area (Å²) in [5.74, 6) is -0.289. The molecule has 6 nitrogen and oxygen atoms in total. The highest BCUT2D eigenvalue weighted by atomic mass is 16.2. The predicted molar refractivity (Wildman–Crippen MR) is 141 cm³/mol. The van der Waals surface area contributed by atoms with Crippen LogP contribution in [0.1, 0.15) is 39.9 Å². The van der Waals surface area contributed by atoms with Crippen LogP contribution >= 0.6 is 0 Å². The van der Waals surface area contributed by atoms with E-state index in [1.807, 2.05) is 25.1 Å². The van der Waals surface area contributed by atoms with Gasteiger partial charge in [-0.15, -0.1) is 0 Å². The summed E-state index contributed by atoms with van der Waals surface area (Å²) >= 11 is 0. The monoisotopic (exact) mass is 472 g/mol. The van der Waals surface area contributed by atoms with E-state index in [0.29, 0.717) is 13.1 Å². The van der Waals surface area contributed by atoms with Crippen LogP contribution in [0.25, 0.3) is 0 Å². The molecule has 6 heteroatoms. The summed E-state index contributed by atoms with van der Waals surface area (Å²) in [5, 5.41) is 2.93. The average Bonchev–Trinajstić information content (AvgIpc) is 2.87. The third-order valence-corrected chi connectivity index (χ3v) is 6.60. The Balaban J connectivity index is 1.16. The van der Waals surface area contributed by atoms with E-state index in [1.54, 1.807) is 22.9 Å². The van der Waals surface area contributed by atoms with E-state index in [0.717, 1.165) is 63.2 Å². The Morgan fingerprint density at radius 1 is 0.829 bits per heavy atom. The molecule has 0 atom stereocenters. The summed E-state index contributed by atoms with van der Waals surface area (Å²) in [5.41, 5.74) is 3.52. The molecule has 1 aliphatic rings. The van der Waals surface area contributed by atoms with Gasteiger partial charge in [-0.05, 0) is 49.6 Å². The van der Waals surface area contributed by atoms with Gasteiger partial charge in [-0.3, -0.25) is 14.5 Å². The van der Waals surface area contributed by atoms with Gasteiger partial charge < -0.3 is 14.8 Å². The number of piperazine rings is 1. The number of rotatable bonds is 10. The van der Waals surface area contributed by atoms with Gasteiger partial charge in [0, 0.05) is 45.5 Å². The van der Waals surface area contributed by atoms with Crippen LogP contribution in [0.5, 0.6) is 0 Å². The maximum atomic E-state index is 12.8. The van der Waals surface area contributed by atoms with Crippen LogP contribution in [0.2, 0.25) is 0 Å². The molecule has 0 saturated carbocycles. The number of nitrogens with zero attached hydrogens (tertiary/aromatic N) is 3. The summed E-state index contributed by atoms with van der Waals surface area (Å²) in [6.07, 6.45) is 3.67. The molecular formula is C29H36N4O2. The first-order valence-electron chi connectivity index (χ1n) is 12.6. The number of hydrogen-bond donors (Lipinski definition) is 1. The third-order valence-electron chi connectivity index (χ3n) is 6.60. The van der Waals surface area contributed by atoms with Crippen molar-refractivity contribution in [2.75, 3.05) is 39.3 Å². The Morgan fingerprint density at radius 3 is 2.34 bits per heavy atom. The van der Waals surface area contributed by atoms with Crippen molar-refractivity contribution in [1.29, 1.82) is 0 Å². The zero-order chi connectivity index (χ0) is 24.5. The number of aryl methyl sites for hydroxylation is 1. The Labute approximate surface area is 208 Å². The fourth-order valence-corrected chi connectivity index (χ4v) is 4.61. The first-order chi connectivity index (χ1) is 17.1. The lowest BCUT2D eigenvalue weighted by Crippen LogP contribution is -2.46. The van der Waals surface area contributed by atoms with Gasteiger partial charge in [0.25, 0.3) is 11.5 Å². The summed E-state index contributed by atoms with van der Waals surface area (Å²) in [4.78, 5) is 30.5. The second-order valence-electron chi connectivity index (χ2n) is 9.41. The zero-order valence-electron chi connectivity index (χ0n) is 20.7. The second kappa shape index (κ2) is 12.5. The predicted octanol–water partition coefficient (Wildman–Crippen LogP) is 3.53. The van der Waals surface area contributed by atoms with E-state index in [9.17, 15) is 9.59 Å². The molecule has 1 aliphatic heterocycles. The van der Waals surface area contributed by atoms with Gasteiger partial charge in [-0.25, -0.2) is 0 Å². The Hall–Kier alpha value is -3.22. The van der Waals surface area contributed by atoms with Gasteiger partial charge in [0.2, 0.25) is 0 Å². The SMILES string of the molecule is Cc1cccc(Cn2cccc(C(=O)NCCCCN3CCN(Cc4ccccc4)CC3)c2=O)c1.